The van der Waals surface area contributed by atoms with Crippen molar-refractivity contribution in [2.24, 2.45) is 5.41 Å². The summed E-state index contributed by atoms with van der Waals surface area (Å²) in [4.78, 5) is 0. The Labute approximate surface area is 112 Å². The molecule has 0 aliphatic heterocycles. The molecule has 0 saturated carbocycles. The quantitative estimate of drug-likeness (QED) is 0.785. The van der Waals surface area contributed by atoms with Crippen LogP contribution >= 0.6 is 0 Å². The van der Waals surface area contributed by atoms with Gasteiger partial charge < -0.3 is 5.32 Å². The summed E-state index contributed by atoms with van der Waals surface area (Å²) >= 11 is 0. The summed E-state index contributed by atoms with van der Waals surface area (Å²) in [6.07, 6.45) is 4.91. The number of aryl methyl sites for hydroxylation is 2. The molecule has 1 N–H and O–H groups in total. The maximum Gasteiger partial charge on any atom is 0.0328 e. The molecule has 0 aromatic heterocycles. The Hall–Kier alpha value is -0.820. The lowest BCUT2D eigenvalue weighted by molar-refractivity contribution is 0.275. The zero-order valence-electron chi connectivity index (χ0n) is 12.3. The zero-order chi connectivity index (χ0) is 13.2. The molecule has 0 heterocycles. The molecule has 0 fully saturated rings. The lowest BCUT2D eigenvalue weighted by atomic mass is 9.83. The Morgan fingerprint density at radius 3 is 2.72 bits per heavy atom. The first-order chi connectivity index (χ1) is 8.55. The fraction of sp³-hybridized carbons (Fsp3) is 0.647. The van der Waals surface area contributed by atoms with E-state index in [2.05, 4.69) is 51.2 Å². The van der Waals surface area contributed by atoms with E-state index in [1.54, 1.807) is 11.1 Å². The van der Waals surface area contributed by atoms with E-state index in [1.165, 1.54) is 24.8 Å². The van der Waals surface area contributed by atoms with Gasteiger partial charge in [0.2, 0.25) is 0 Å². The van der Waals surface area contributed by atoms with Crippen LogP contribution in [0.5, 0.6) is 0 Å². The van der Waals surface area contributed by atoms with Crippen LogP contribution in [-0.4, -0.2) is 6.54 Å². The molecule has 1 aliphatic carbocycles. The third kappa shape index (κ3) is 2.95. The molecule has 1 nitrogen and oxygen atoms in total. The number of hydrogen-bond donors (Lipinski definition) is 1. The average Bonchev–Trinajstić information content (AvgIpc) is 2.47. The van der Waals surface area contributed by atoms with Crippen molar-refractivity contribution in [3.63, 3.8) is 0 Å². The van der Waals surface area contributed by atoms with E-state index in [4.69, 9.17) is 0 Å². The van der Waals surface area contributed by atoms with Crippen LogP contribution in [0.15, 0.2) is 18.2 Å². The predicted octanol–water partition coefficient (Wildman–Crippen LogP) is 4.26. The third-order valence-electron chi connectivity index (χ3n) is 4.27. The van der Waals surface area contributed by atoms with E-state index in [0.717, 1.165) is 13.0 Å². The SMILES string of the molecule is CCNC1CC(C)(C)CCc2ccc(CC)cc21. The van der Waals surface area contributed by atoms with Crippen LogP contribution < -0.4 is 5.32 Å². The largest absolute Gasteiger partial charge is 0.310 e. The van der Waals surface area contributed by atoms with Crippen molar-refractivity contribution in [2.45, 2.75) is 59.4 Å². The molecule has 0 amide bonds. The maximum atomic E-state index is 3.69. The molecular formula is C17H27N. The number of benzene rings is 1. The predicted molar refractivity (Wildman–Crippen MR) is 79.0 cm³/mol. The molecular weight excluding hydrogens is 218 g/mol. The first kappa shape index (κ1) is 13.6. The van der Waals surface area contributed by atoms with Crippen LogP contribution in [0.25, 0.3) is 0 Å². The Balaban J connectivity index is 2.38. The van der Waals surface area contributed by atoms with Gasteiger partial charge in [0.1, 0.15) is 0 Å². The second-order valence-electron chi connectivity index (χ2n) is 6.37. The Kier molecular flexibility index (Phi) is 4.11. The molecule has 2 rings (SSSR count). The van der Waals surface area contributed by atoms with Gasteiger partial charge in [-0.3, -0.25) is 0 Å². The lowest BCUT2D eigenvalue weighted by Crippen LogP contribution is -2.25. The van der Waals surface area contributed by atoms with Crippen LogP contribution in [0.4, 0.5) is 0 Å². The molecule has 1 aliphatic rings. The van der Waals surface area contributed by atoms with Gasteiger partial charge in [0, 0.05) is 6.04 Å². The van der Waals surface area contributed by atoms with Gasteiger partial charge in [0.05, 0.1) is 0 Å². The number of fused-ring (bicyclic) bond motifs is 1. The summed E-state index contributed by atoms with van der Waals surface area (Å²) in [5.41, 5.74) is 5.03. The van der Waals surface area contributed by atoms with Gasteiger partial charge >= 0.3 is 0 Å². The topological polar surface area (TPSA) is 12.0 Å². The molecule has 1 aromatic carbocycles. The number of hydrogen-bond acceptors (Lipinski definition) is 1. The first-order valence-corrected chi connectivity index (χ1v) is 7.41. The van der Waals surface area contributed by atoms with E-state index in [0.29, 0.717) is 11.5 Å². The molecule has 1 unspecified atom stereocenters. The maximum absolute atomic E-state index is 3.69. The summed E-state index contributed by atoms with van der Waals surface area (Å²) < 4.78 is 0. The second-order valence-corrected chi connectivity index (χ2v) is 6.37. The van der Waals surface area contributed by atoms with Crippen LogP contribution in [-0.2, 0) is 12.8 Å². The minimum absolute atomic E-state index is 0.443. The minimum Gasteiger partial charge on any atom is -0.310 e. The van der Waals surface area contributed by atoms with E-state index >= 15 is 0 Å². The van der Waals surface area contributed by atoms with Gasteiger partial charge in [-0.05, 0) is 54.3 Å². The van der Waals surface area contributed by atoms with Crippen LogP contribution in [0.3, 0.4) is 0 Å². The highest BCUT2D eigenvalue weighted by Gasteiger charge is 2.28. The average molecular weight is 245 g/mol. The monoisotopic (exact) mass is 245 g/mol. The van der Waals surface area contributed by atoms with Crippen molar-refractivity contribution in [1.29, 1.82) is 0 Å². The minimum atomic E-state index is 0.443. The van der Waals surface area contributed by atoms with Gasteiger partial charge in [-0.2, -0.15) is 0 Å². The number of nitrogens with one attached hydrogen (secondary N) is 1. The normalized spacial score (nSPS) is 22.3. The molecule has 0 radical (unpaired) electrons. The summed E-state index contributed by atoms with van der Waals surface area (Å²) in [6, 6.07) is 7.64. The van der Waals surface area contributed by atoms with Gasteiger partial charge in [-0.1, -0.05) is 45.9 Å². The standard InChI is InChI=1S/C17H27N/c1-5-13-7-8-14-9-10-17(3,4)12-16(18-6-2)15(14)11-13/h7-8,11,16,18H,5-6,9-10,12H2,1-4H3. The molecule has 0 saturated heterocycles. The summed E-state index contributed by atoms with van der Waals surface area (Å²) in [5, 5.41) is 3.69. The molecule has 1 atom stereocenters. The van der Waals surface area contributed by atoms with E-state index in [1.807, 2.05) is 0 Å². The van der Waals surface area contributed by atoms with E-state index < -0.39 is 0 Å². The van der Waals surface area contributed by atoms with E-state index in [-0.39, 0.29) is 0 Å². The summed E-state index contributed by atoms with van der Waals surface area (Å²) in [7, 11) is 0. The molecule has 0 spiro atoms. The molecule has 1 aromatic rings. The lowest BCUT2D eigenvalue weighted by Gasteiger charge is -2.27. The fourth-order valence-corrected chi connectivity index (χ4v) is 3.08. The molecule has 100 valence electrons. The van der Waals surface area contributed by atoms with Crippen molar-refractivity contribution in [3.8, 4) is 0 Å². The third-order valence-corrected chi connectivity index (χ3v) is 4.27. The van der Waals surface area contributed by atoms with Gasteiger partial charge in [0.25, 0.3) is 0 Å². The highest BCUT2D eigenvalue weighted by molar-refractivity contribution is 5.36. The van der Waals surface area contributed by atoms with Crippen molar-refractivity contribution in [1.82, 2.24) is 5.32 Å². The van der Waals surface area contributed by atoms with Crippen molar-refractivity contribution in [2.75, 3.05) is 6.54 Å². The number of rotatable bonds is 3. The van der Waals surface area contributed by atoms with Crippen LogP contribution in [0, 0.1) is 5.41 Å². The second kappa shape index (κ2) is 5.44. The summed E-state index contributed by atoms with van der Waals surface area (Å²) in [5.74, 6) is 0. The van der Waals surface area contributed by atoms with E-state index in [9.17, 15) is 0 Å². The first-order valence-electron chi connectivity index (χ1n) is 7.41. The van der Waals surface area contributed by atoms with Crippen LogP contribution in [0.1, 0.15) is 63.3 Å². The molecule has 0 bridgehead atoms. The van der Waals surface area contributed by atoms with Gasteiger partial charge in [-0.15, -0.1) is 0 Å². The van der Waals surface area contributed by atoms with Crippen LogP contribution in [0.2, 0.25) is 0 Å². The van der Waals surface area contributed by atoms with Crippen molar-refractivity contribution in [3.05, 3.63) is 34.9 Å². The fourth-order valence-electron chi connectivity index (χ4n) is 3.08. The molecule has 18 heavy (non-hydrogen) atoms. The Bertz CT molecular complexity index is 406. The van der Waals surface area contributed by atoms with Gasteiger partial charge in [0.15, 0.2) is 0 Å². The highest BCUT2D eigenvalue weighted by Crippen LogP contribution is 2.39. The smallest absolute Gasteiger partial charge is 0.0328 e. The van der Waals surface area contributed by atoms with Crippen molar-refractivity contribution < 1.29 is 0 Å². The summed E-state index contributed by atoms with van der Waals surface area (Å²) in [6.45, 7) is 10.3. The van der Waals surface area contributed by atoms with Crippen molar-refractivity contribution >= 4 is 0 Å². The van der Waals surface area contributed by atoms with Gasteiger partial charge in [-0.25, -0.2) is 0 Å². The Morgan fingerprint density at radius 1 is 1.28 bits per heavy atom. The Morgan fingerprint density at radius 2 is 2.06 bits per heavy atom. The highest BCUT2D eigenvalue weighted by atomic mass is 14.9. The zero-order valence-corrected chi connectivity index (χ0v) is 12.3. The molecule has 1 heteroatoms.